The zero-order valence-corrected chi connectivity index (χ0v) is 15.4. The van der Waals surface area contributed by atoms with Crippen LogP contribution in [0.2, 0.25) is 0 Å². The molecule has 150 valence electrons. The van der Waals surface area contributed by atoms with Crippen LogP contribution in [0.3, 0.4) is 0 Å². The molecule has 0 saturated carbocycles. The third-order valence-electron chi connectivity index (χ3n) is 3.83. The number of carbonyl (C=O) groups excluding carboxylic acids is 2. The van der Waals surface area contributed by atoms with Gasteiger partial charge in [0.2, 0.25) is 5.76 Å². The number of amides is 1. The summed E-state index contributed by atoms with van der Waals surface area (Å²) in [6, 6.07) is 14.7. The van der Waals surface area contributed by atoms with Gasteiger partial charge in [0.1, 0.15) is 29.8 Å². The summed E-state index contributed by atoms with van der Waals surface area (Å²) in [6.07, 6.45) is -1.24. The van der Waals surface area contributed by atoms with Gasteiger partial charge in [0.15, 0.2) is 6.10 Å². The van der Waals surface area contributed by atoms with Crippen molar-refractivity contribution in [2.45, 2.75) is 19.6 Å². The van der Waals surface area contributed by atoms with E-state index in [1.165, 1.54) is 13.0 Å². The molecule has 0 aliphatic heterocycles. The molecule has 0 saturated heterocycles. The SMILES string of the molecule is C[C@H](OC(=O)c1ccc(COc2ccccc2)o1)C(=O)Nc1ccc(F)cc1F. The lowest BCUT2D eigenvalue weighted by molar-refractivity contribution is -0.123. The van der Waals surface area contributed by atoms with Gasteiger partial charge in [-0.25, -0.2) is 13.6 Å². The Morgan fingerprint density at radius 1 is 1.07 bits per heavy atom. The fraction of sp³-hybridized carbons (Fsp3) is 0.143. The van der Waals surface area contributed by atoms with Gasteiger partial charge in [0.05, 0.1) is 5.69 Å². The molecule has 0 radical (unpaired) electrons. The molecule has 1 aromatic heterocycles. The molecule has 1 heterocycles. The van der Waals surface area contributed by atoms with E-state index in [2.05, 4.69) is 5.32 Å². The molecule has 0 fully saturated rings. The van der Waals surface area contributed by atoms with E-state index in [-0.39, 0.29) is 18.1 Å². The Kier molecular flexibility index (Phi) is 6.23. The normalized spacial score (nSPS) is 11.6. The van der Waals surface area contributed by atoms with Gasteiger partial charge >= 0.3 is 5.97 Å². The Morgan fingerprint density at radius 2 is 1.83 bits per heavy atom. The minimum Gasteiger partial charge on any atom is -0.486 e. The minimum absolute atomic E-state index is 0.107. The zero-order chi connectivity index (χ0) is 20.8. The van der Waals surface area contributed by atoms with Crippen molar-refractivity contribution in [3.05, 3.63) is 83.8 Å². The quantitative estimate of drug-likeness (QED) is 0.597. The maximum absolute atomic E-state index is 13.6. The molecule has 1 atom stereocenters. The van der Waals surface area contributed by atoms with E-state index in [4.69, 9.17) is 13.9 Å². The molecule has 0 unspecified atom stereocenters. The van der Waals surface area contributed by atoms with Crippen LogP contribution in [0.15, 0.2) is 65.1 Å². The molecule has 8 heteroatoms. The Hall–Kier alpha value is -3.68. The third kappa shape index (κ3) is 5.41. The van der Waals surface area contributed by atoms with Crippen molar-refractivity contribution >= 4 is 17.6 Å². The average Bonchev–Trinajstić information content (AvgIpc) is 3.18. The number of carbonyl (C=O) groups is 2. The predicted molar refractivity (Wildman–Crippen MR) is 99.3 cm³/mol. The minimum atomic E-state index is -1.24. The lowest BCUT2D eigenvalue weighted by atomic mass is 10.2. The van der Waals surface area contributed by atoms with Crippen LogP contribution in [0.1, 0.15) is 23.2 Å². The van der Waals surface area contributed by atoms with Crippen molar-refractivity contribution in [1.29, 1.82) is 0 Å². The van der Waals surface area contributed by atoms with Crippen LogP contribution >= 0.6 is 0 Å². The molecule has 1 amide bonds. The van der Waals surface area contributed by atoms with Crippen molar-refractivity contribution in [3.8, 4) is 5.75 Å². The van der Waals surface area contributed by atoms with Crippen molar-refractivity contribution in [3.63, 3.8) is 0 Å². The Balaban J connectivity index is 1.54. The van der Waals surface area contributed by atoms with Gasteiger partial charge < -0.3 is 19.2 Å². The highest BCUT2D eigenvalue weighted by Gasteiger charge is 2.22. The number of para-hydroxylation sites is 1. The first-order valence-electron chi connectivity index (χ1n) is 8.66. The molecule has 6 nitrogen and oxygen atoms in total. The van der Waals surface area contributed by atoms with Crippen LogP contribution in [-0.4, -0.2) is 18.0 Å². The number of benzene rings is 2. The van der Waals surface area contributed by atoms with Crippen LogP contribution in [0.25, 0.3) is 0 Å². The van der Waals surface area contributed by atoms with Gasteiger partial charge in [-0.3, -0.25) is 4.79 Å². The van der Waals surface area contributed by atoms with E-state index >= 15 is 0 Å². The second-order valence-electron chi connectivity index (χ2n) is 6.03. The molecular formula is C21H17F2NO5. The summed E-state index contributed by atoms with van der Waals surface area (Å²) < 4.78 is 42.4. The third-order valence-corrected chi connectivity index (χ3v) is 3.83. The maximum atomic E-state index is 13.6. The standard InChI is InChI=1S/C21H17F2NO5/c1-13(20(25)24-18-9-7-14(22)11-17(18)23)28-21(26)19-10-8-16(29-19)12-27-15-5-3-2-4-6-15/h2-11,13H,12H2,1H3,(H,24,25)/t13-/m0/s1. The van der Waals surface area contributed by atoms with Crippen LogP contribution in [0, 0.1) is 11.6 Å². The number of furan rings is 1. The molecule has 0 aliphatic rings. The van der Waals surface area contributed by atoms with Gasteiger partial charge in [0.25, 0.3) is 5.91 Å². The lowest BCUT2D eigenvalue weighted by Crippen LogP contribution is -2.30. The molecule has 0 aliphatic carbocycles. The maximum Gasteiger partial charge on any atom is 0.375 e. The number of rotatable bonds is 7. The lowest BCUT2D eigenvalue weighted by Gasteiger charge is -2.13. The molecule has 1 N–H and O–H groups in total. The van der Waals surface area contributed by atoms with Gasteiger partial charge in [-0.05, 0) is 43.3 Å². The Labute approximate surface area is 165 Å². The van der Waals surface area contributed by atoms with Crippen LogP contribution in [0.4, 0.5) is 14.5 Å². The molecule has 3 rings (SSSR count). The molecule has 0 bridgehead atoms. The number of hydrogen-bond acceptors (Lipinski definition) is 5. The highest BCUT2D eigenvalue weighted by Crippen LogP contribution is 2.17. The summed E-state index contributed by atoms with van der Waals surface area (Å²) in [7, 11) is 0. The average molecular weight is 401 g/mol. The highest BCUT2D eigenvalue weighted by atomic mass is 19.1. The van der Waals surface area contributed by atoms with Gasteiger partial charge in [-0.15, -0.1) is 0 Å². The van der Waals surface area contributed by atoms with Crippen molar-refractivity contribution in [1.82, 2.24) is 0 Å². The zero-order valence-electron chi connectivity index (χ0n) is 15.4. The van der Waals surface area contributed by atoms with E-state index in [9.17, 15) is 18.4 Å². The van der Waals surface area contributed by atoms with E-state index in [0.717, 1.165) is 12.1 Å². The first kappa shape index (κ1) is 20.1. The number of halogens is 2. The monoisotopic (exact) mass is 401 g/mol. The highest BCUT2D eigenvalue weighted by molar-refractivity contribution is 5.96. The molecule has 0 spiro atoms. The Bertz CT molecular complexity index is 1000. The summed E-state index contributed by atoms with van der Waals surface area (Å²) in [5, 5.41) is 2.23. The predicted octanol–water partition coefficient (Wildman–Crippen LogP) is 4.32. The Morgan fingerprint density at radius 3 is 2.55 bits per heavy atom. The van der Waals surface area contributed by atoms with Crippen LogP contribution in [0.5, 0.6) is 5.75 Å². The number of anilines is 1. The van der Waals surface area contributed by atoms with Crippen molar-refractivity contribution in [2.24, 2.45) is 0 Å². The second kappa shape index (κ2) is 9.01. The van der Waals surface area contributed by atoms with E-state index in [1.54, 1.807) is 18.2 Å². The first-order chi connectivity index (χ1) is 13.9. The molecular weight excluding hydrogens is 384 g/mol. The number of ether oxygens (including phenoxy) is 2. The van der Waals surface area contributed by atoms with E-state index in [1.807, 2.05) is 18.2 Å². The van der Waals surface area contributed by atoms with Crippen LogP contribution < -0.4 is 10.1 Å². The van der Waals surface area contributed by atoms with Crippen molar-refractivity contribution < 1.29 is 32.3 Å². The fourth-order valence-electron chi connectivity index (χ4n) is 2.33. The second-order valence-corrected chi connectivity index (χ2v) is 6.03. The molecule has 29 heavy (non-hydrogen) atoms. The molecule has 3 aromatic rings. The van der Waals surface area contributed by atoms with Gasteiger partial charge in [0, 0.05) is 6.07 Å². The number of hydrogen-bond donors (Lipinski definition) is 1. The van der Waals surface area contributed by atoms with E-state index in [0.29, 0.717) is 17.6 Å². The summed E-state index contributed by atoms with van der Waals surface area (Å²) in [5.74, 6) is -2.42. The fourth-order valence-corrected chi connectivity index (χ4v) is 2.33. The van der Waals surface area contributed by atoms with Crippen molar-refractivity contribution in [2.75, 3.05) is 5.32 Å². The largest absolute Gasteiger partial charge is 0.486 e. The van der Waals surface area contributed by atoms with E-state index < -0.39 is 29.6 Å². The van der Waals surface area contributed by atoms with Crippen LogP contribution in [-0.2, 0) is 16.1 Å². The van der Waals surface area contributed by atoms with Gasteiger partial charge in [-0.2, -0.15) is 0 Å². The summed E-state index contributed by atoms with van der Waals surface area (Å²) >= 11 is 0. The van der Waals surface area contributed by atoms with Gasteiger partial charge in [-0.1, -0.05) is 18.2 Å². The summed E-state index contributed by atoms with van der Waals surface area (Å²) in [5.41, 5.74) is -0.224. The molecule has 2 aromatic carbocycles. The number of esters is 1. The number of nitrogens with one attached hydrogen (secondary N) is 1. The smallest absolute Gasteiger partial charge is 0.375 e. The first-order valence-corrected chi connectivity index (χ1v) is 8.66. The summed E-state index contributed by atoms with van der Waals surface area (Å²) in [6.45, 7) is 1.42. The summed E-state index contributed by atoms with van der Waals surface area (Å²) in [4.78, 5) is 24.2. The topological polar surface area (TPSA) is 77.8 Å².